The lowest BCUT2D eigenvalue weighted by Gasteiger charge is -2.31. The summed E-state index contributed by atoms with van der Waals surface area (Å²) in [4.78, 5) is 19.0. The molecule has 1 amide bonds. The first-order valence-electron chi connectivity index (χ1n) is 9.57. The number of benzene rings is 2. The second-order valence-corrected chi connectivity index (χ2v) is 10.4. The van der Waals surface area contributed by atoms with Crippen LogP contribution >= 0.6 is 11.3 Å². The lowest BCUT2D eigenvalue weighted by Crippen LogP contribution is -2.42. The molecule has 158 valence electrons. The van der Waals surface area contributed by atoms with Gasteiger partial charge in [-0.3, -0.25) is 4.79 Å². The van der Waals surface area contributed by atoms with Crippen LogP contribution in [0, 0.1) is 5.82 Å². The van der Waals surface area contributed by atoms with Crippen LogP contribution in [0.3, 0.4) is 0 Å². The SMILES string of the molecule is CS(=O)(=O)c1ccc(CC(=O)N2CCC(Oc3nc4ccc(F)cc4s3)CC2)cc1. The predicted molar refractivity (Wildman–Crippen MR) is 113 cm³/mol. The summed E-state index contributed by atoms with van der Waals surface area (Å²) < 4.78 is 43.1. The van der Waals surface area contributed by atoms with Crippen LogP contribution in [0.15, 0.2) is 47.4 Å². The fourth-order valence-electron chi connectivity index (χ4n) is 3.43. The number of carbonyl (C=O) groups is 1. The molecule has 0 bridgehead atoms. The molecule has 30 heavy (non-hydrogen) atoms. The Balaban J connectivity index is 1.30. The van der Waals surface area contributed by atoms with E-state index in [-0.39, 0.29) is 29.1 Å². The van der Waals surface area contributed by atoms with Gasteiger partial charge in [-0.25, -0.2) is 17.8 Å². The number of nitrogens with zero attached hydrogens (tertiary/aromatic N) is 2. The number of likely N-dealkylation sites (tertiary alicyclic amines) is 1. The molecule has 0 saturated carbocycles. The van der Waals surface area contributed by atoms with Crippen molar-refractivity contribution < 1.29 is 22.3 Å². The highest BCUT2D eigenvalue weighted by Crippen LogP contribution is 2.30. The Kier molecular flexibility index (Phi) is 5.75. The number of piperidine rings is 1. The average molecular weight is 449 g/mol. The zero-order valence-corrected chi connectivity index (χ0v) is 18.0. The summed E-state index contributed by atoms with van der Waals surface area (Å²) in [5, 5.41) is 0.520. The van der Waals surface area contributed by atoms with E-state index < -0.39 is 9.84 Å². The number of hydrogen-bond donors (Lipinski definition) is 0. The minimum absolute atomic E-state index is 0.0102. The molecule has 2 aromatic carbocycles. The molecule has 0 spiro atoms. The maximum absolute atomic E-state index is 13.3. The third kappa shape index (κ3) is 4.79. The smallest absolute Gasteiger partial charge is 0.274 e. The van der Waals surface area contributed by atoms with Gasteiger partial charge in [0.1, 0.15) is 11.9 Å². The molecule has 0 atom stereocenters. The number of hydrogen-bond acceptors (Lipinski definition) is 6. The number of sulfone groups is 1. The van der Waals surface area contributed by atoms with Gasteiger partial charge in [-0.1, -0.05) is 23.5 Å². The fraction of sp³-hybridized carbons (Fsp3) is 0.333. The Labute approximate surface area is 178 Å². The molecule has 2 heterocycles. The summed E-state index contributed by atoms with van der Waals surface area (Å²) in [6.07, 6.45) is 2.75. The summed E-state index contributed by atoms with van der Waals surface area (Å²) in [7, 11) is -3.24. The van der Waals surface area contributed by atoms with E-state index in [9.17, 15) is 17.6 Å². The van der Waals surface area contributed by atoms with Crippen molar-refractivity contribution >= 4 is 37.3 Å². The molecule has 4 rings (SSSR count). The Morgan fingerprint density at radius 3 is 2.57 bits per heavy atom. The van der Waals surface area contributed by atoms with E-state index in [2.05, 4.69) is 4.98 Å². The minimum Gasteiger partial charge on any atom is -0.467 e. The molecule has 1 aliphatic heterocycles. The Morgan fingerprint density at radius 2 is 1.90 bits per heavy atom. The second-order valence-electron chi connectivity index (χ2n) is 7.38. The summed E-state index contributed by atoms with van der Waals surface area (Å²) in [6.45, 7) is 1.18. The molecule has 1 fully saturated rings. The van der Waals surface area contributed by atoms with E-state index in [1.165, 1.54) is 35.6 Å². The van der Waals surface area contributed by atoms with Crippen LogP contribution in [0.25, 0.3) is 10.2 Å². The van der Waals surface area contributed by atoms with Gasteiger partial charge in [0.05, 0.1) is 21.5 Å². The fourth-order valence-corrected chi connectivity index (χ4v) is 4.97. The number of carbonyl (C=O) groups excluding carboxylic acids is 1. The molecule has 0 N–H and O–H groups in total. The van der Waals surface area contributed by atoms with Crippen LogP contribution in [-0.4, -0.2) is 49.7 Å². The number of aromatic nitrogens is 1. The topological polar surface area (TPSA) is 76.6 Å². The summed E-state index contributed by atoms with van der Waals surface area (Å²) >= 11 is 1.32. The number of rotatable bonds is 5. The van der Waals surface area contributed by atoms with Crippen LogP contribution in [0.1, 0.15) is 18.4 Å². The molecule has 1 saturated heterocycles. The Morgan fingerprint density at radius 1 is 1.20 bits per heavy atom. The van der Waals surface area contributed by atoms with Gasteiger partial charge in [-0.2, -0.15) is 0 Å². The van der Waals surface area contributed by atoms with Gasteiger partial charge in [0.25, 0.3) is 5.19 Å². The third-order valence-corrected chi connectivity index (χ3v) is 7.14. The van der Waals surface area contributed by atoms with Gasteiger partial charge in [0.15, 0.2) is 9.84 Å². The van der Waals surface area contributed by atoms with Crippen LogP contribution in [0.2, 0.25) is 0 Å². The van der Waals surface area contributed by atoms with Gasteiger partial charge in [0.2, 0.25) is 5.91 Å². The molecule has 1 aromatic heterocycles. The van der Waals surface area contributed by atoms with Gasteiger partial charge >= 0.3 is 0 Å². The molecule has 0 radical (unpaired) electrons. The standard InChI is InChI=1S/C21H21FN2O4S2/c1-30(26,27)17-5-2-14(3-6-17)12-20(25)24-10-8-16(9-11-24)28-21-23-18-7-4-15(22)13-19(18)29-21/h2-7,13,16H,8-12H2,1H3. The molecule has 0 aliphatic carbocycles. The minimum atomic E-state index is -3.24. The normalized spacial score (nSPS) is 15.5. The molecular formula is C21H21FN2O4S2. The van der Waals surface area contributed by atoms with E-state index in [4.69, 9.17) is 4.74 Å². The number of ether oxygens (including phenoxy) is 1. The molecule has 1 aliphatic rings. The van der Waals surface area contributed by atoms with Gasteiger partial charge in [-0.15, -0.1) is 0 Å². The van der Waals surface area contributed by atoms with Crippen molar-refractivity contribution in [2.45, 2.75) is 30.3 Å². The first-order chi connectivity index (χ1) is 14.3. The zero-order valence-electron chi connectivity index (χ0n) is 16.4. The van der Waals surface area contributed by atoms with E-state index in [1.807, 2.05) is 0 Å². The number of amides is 1. The maximum Gasteiger partial charge on any atom is 0.274 e. The van der Waals surface area contributed by atoms with E-state index in [0.29, 0.717) is 36.6 Å². The lowest BCUT2D eigenvalue weighted by atomic mass is 10.1. The highest BCUT2D eigenvalue weighted by Gasteiger charge is 2.25. The maximum atomic E-state index is 13.3. The van der Waals surface area contributed by atoms with Crippen molar-refractivity contribution in [3.05, 3.63) is 53.8 Å². The van der Waals surface area contributed by atoms with Crippen LogP contribution in [0.5, 0.6) is 5.19 Å². The monoisotopic (exact) mass is 448 g/mol. The van der Waals surface area contributed by atoms with E-state index in [1.54, 1.807) is 23.1 Å². The van der Waals surface area contributed by atoms with Crippen molar-refractivity contribution in [2.24, 2.45) is 0 Å². The highest BCUT2D eigenvalue weighted by molar-refractivity contribution is 7.90. The molecule has 9 heteroatoms. The predicted octanol–water partition coefficient (Wildman–Crippen LogP) is 3.45. The highest BCUT2D eigenvalue weighted by atomic mass is 32.2. The largest absolute Gasteiger partial charge is 0.467 e. The van der Waals surface area contributed by atoms with Crippen LogP contribution in [0.4, 0.5) is 4.39 Å². The average Bonchev–Trinajstić information content (AvgIpc) is 3.09. The quantitative estimate of drug-likeness (QED) is 0.598. The van der Waals surface area contributed by atoms with Crippen molar-refractivity contribution in [3.8, 4) is 5.19 Å². The van der Waals surface area contributed by atoms with Crippen LogP contribution in [-0.2, 0) is 21.1 Å². The second kappa shape index (κ2) is 8.31. The molecule has 6 nitrogen and oxygen atoms in total. The molecular weight excluding hydrogens is 427 g/mol. The number of fused-ring (bicyclic) bond motifs is 1. The Bertz CT molecular complexity index is 1170. The summed E-state index contributed by atoms with van der Waals surface area (Å²) in [6, 6.07) is 10.9. The lowest BCUT2D eigenvalue weighted by molar-refractivity contribution is -0.132. The summed E-state index contributed by atoms with van der Waals surface area (Å²) in [5.74, 6) is -0.286. The summed E-state index contributed by atoms with van der Waals surface area (Å²) in [5.41, 5.74) is 1.50. The third-order valence-electron chi connectivity index (χ3n) is 5.10. The van der Waals surface area contributed by atoms with Crippen molar-refractivity contribution in [3.63, 3.8) is 0 Å². The van der Waals surface area contributed by atoms with E-state index >= 15 is 0 Å². The van der Waals surface area contributed by atoms with Crippen molar-refractivity contribution in [1.82, 2.24) is 9.88 Å². The zero-order chi connectivity index (χ0) is 21.3. The Hall–Kier alpha value is -2.52. The number of halogens is 1. The van der Waals surface area contributed by atoms with Crippen molar-refractivity contribution in [2.75, 3.05) is 19.3 Å². The van der Waals surface area contributed by atoms with Crippen LogP contribution < -0.4 is 4.74 Å². The first kappa shape index (κ1) is 20.7. The van der Waals surface area contributed by atoms with E-state index in [0.717, 1.165) is 16.5 Å². The number of thiazole rings is 1. The van der Waals surface area contributed by atoms with Crippen molar-refractivity contribution in [1.29, 1.82) is 0 Å². The molecule has 0 unspecified atom stereocenters. The first-order valence-corrected chi connectivity index (χ1v) is 12.3. The van der Waals surface area contributed by atoms with Gasteiger partial charge in [-0.05, 0) is 35.9 Å². The van der Waals surface area contributed by atoms with Gasteiger partial charge in [0, 0.05) is 32.2 Å². The van der Waals surface area contributed by atoms with Gasteiger partial charge < -0.3 is 9.64 Å². The molecule has 3 aromatic rings.